The molecule has 12 heavy (non-hydrogen) atoms. The van der Waals surface area contributed by atoms with E-state index >= 15 is 0 Å². The summed E-state index contributed by atoms with van der Waals surface area (Å²) in [6, 6.07) is 0.386. The molecule has 1 aliphatic heterocycles. The minimum absolute atomic E-state index is 0.386. The van der Waals surface area contributed by atoms with Gasteiger partial charge in [-0.2, -0.15) is 0 Å². The summed E-state index contributed by atoms with van der Waals surface area (Å²) < 4.78 is 5.48. The first kappa shape index (κ1) is 9.30. The molecule has 0 N–H and O–H groups in total. The van der Waals surface area contributed by atoms with Crippen molar-refractivity contribution in [3.63, 3.8) is 0 Å². The van der Waals surface area contributed by atoms with Crippen LogP contribution in [0.1, 0.15) is 27.2 Å². The second-order valence-electron chi connectivity index (χ2n) is 3.66. The van der Waals surface area contributed by atoms with Crippen molar-refractivity contribution in [2.75, 3.05) is 6.61 Å². The average molecular weight is 167 g/mol. The molecule has 0 aromatic heterocycles. The maximum atomic E-state index is 5.48. The molecule has 68 valence electrons. The van der Waals surface area contributed by atoms with E-state index in [0.29, 0.717) is 12.0 Å². The van der Waals surface area contributed by atoms with Crippen LogP contribution in [0, 0.1) is 5.92 Å². The molecule has 1 aliphatic rings. The highest BCUT2D eigenvalue weighted by Crippen LogP contribution is 2.07. The zero-order chi connectivity index (χ0) is 8.97. The monoisotopic (exact) mass is 167 g/mol. The third kappa shape index (κ3) is 3.07. The van der Waals surface area contributed by atoms with E-state index < -0.39 is 0 Å². The molecule has 0 bridgehead atoms. The largest absolute Gasteiger partial charge is 0.478 e. The van der Waals surface area contributed by atoms with Crippen LogP contribution in [-0.4, -0.2) is 18.5 Å². The lowest BCUT2D eigenvalue weighted by Crippen LogP contribution is -2.13. The quantitative estimate of drug-likeness (QED) is 0.619. The summed E-state index contributed by atoms with van der Waals surface area (Å²) in [5, 5.41) is 0. The zero-order valence-corrected chi connectivity index (χ0v) is 8.08. The predicted molar refractivity (Wildman–Crippen MR) is 51.4 cm³/mol. The highest BCUT2D eigenvalue weighted by Gasteiger charge is 2.06. The van der Waals surface area contributed by atoms with E-state index in [2.05, 4.69) is 31.8 Å². The lowest BCUT2D eigenvalue weighted by molar-refractivity contribution is 0.258. The molecule has 0 amide bonds. The second-order valence-corrected chi connectivity index (χ2v) is 3.66. The Morgan fingerprint density at radius 3 is 3.00 bits per heavy atom. The molecule has 1 atom stereocenters. The Bertz CT molecular complexity index is 194. The molecule has 0 saturated carbocycles. The number of hydrogen-bond acceptors (Lipinski definition) is 2. The van der Waals surface area contributed by atoms with Crippen LogP contribution in [0.2, 0.25) is 0 Å². The van der Waals surface area contributed by atoms with E-state index in [1.165, 1.54) is 0 Å². The number of hydrogen-bond donors (Lipinski definition) is 0. The van der Waals surface area contributed by atoms with E-state index in [0.717, 1.165) is 18.9 Å². The topological polar surface area (TPSA) is 21.6 Å². The van der Waals surface area contributed by atoms with Crippen LogP contribution in [0.5, 0.6) is 0 Å². The highest BCUT2D eigenvalue weighted by atomic mass is 16.5. The lowest BCUT2D eigenvalue weighted by atomic mass is 10.2. The van der Waals surface area contributed by atoms with Crippen LogP contribution in [0.15, 0.2) is 17.1 Å². The van der Waals surface area contributed by atoms with Crippen LogP contribution in [-0.2, 0) is 4.74 Å². The van der Waals surface area contributed by atoms with Gasteiger partial charge < -0.3 is 4.74 Å². The molecule has 0 spiro atoms. The Hall–Kier alpha value is -0.790. The maximum Gasteiger partial charge on any atom is 0.208 e. The van der Waals surface area contributed by atoms with Gasteiger partial charge in [0.15, 0.2) is 0 Å². The number of aliphatic imine (C=N–C) groups is 1. The van der Waals surface area contributed by atoms with Gasteiger partial charge in [-0.1, -0.05) is 19.9 Å². The van der Waals surface area contributed by atoms with E-state index in [9.17, 15) is 0 Å². The fraction of sp³-hybridized carbons (Fsp3) is 0.700. The normalized spacial score (nSPS) is 22.7. The van der Waals surface area contributed by atoms with Gasteiger partial charge in [-0.25, -0.2) is 4.99 Å². The first-order chi connectivity index (χ1) is 5.68. The zero-order valence-electron chi connectivity index (χ0n) is 8.08. The first-order valence-corrected chi connectivity index (χ1v) is 4.55. The average Bonchev–Trinajstić information content (AvgIpc) is 2.01. The van der Waals surface area contributed by atoms with Crippen molar-refractivity contribution in [1.29, 1.82) is 0 Å². The molecule has 0 radical (unpaired) electrons. The van der Waals surface area contributed by atoms with Crippen molar-refractivity contribution in [2.45, 2.75) is 33.2 Å². The van der Waals surface area contributed by atoms with E-state index in [4.69, 9.17) is 4.74 Å². The molecular formula is C10H17NO. The van der Waals surface area contributed by atoms with Gasteiger partial charge in [0.25, 0.3) is 0 Å². The Morgan fingerprint density at radius 2 is 2.42 bits per heavy atom. The van der Waals surface area contributed by atoms with Gasteiger partial charge in [-0.15, -0.1) is 0 Å². The standard InChI is InChI=1S/C10H17NO/c1-8(2)7-12-10-6-4-5-9(3)11-10/h4,6,8-9H,5,7H2,1-3H3. The second kappa shape index (κ2) is 4.29. The van der Waals surface area contributed by atoms with Crippen molar-refractivity contribution in [1.82, 2.24) is 0 Å². The van der Waals surface area contributed by atoms with Crippen LogP contribution in [0.4, 0.5) is 0 Å². The number of ether oxygens (including phenoxy) is 1. The van der Waals surface area contributed by atoms with Gasteiger partial charge in [0.1, 0.15) is 0 Å². The predicted octanol–water partition coefficient (Wildman–Crippen LogP) is 2.41. The van der Waals surface area contributed by atoms with Crippen LogP contribution >= 0.6 is 0 Å². The fourth-order valence-electron chi connectivity index (χ4n) is 1.02. The Morgan fingerprint density at radius 1 is 1.67 bits per heavy atom. The van der Waals surface area contributed by atoms with Gasteiger partial charge in [-0.3, -0.25) is 0 Å². The summed E-state index contributed by atoms with van der Waals surface area (Å²) >= 11 is 0. The molecule has 1 heterocycles. The van der Waals surface area contributed by atoms with Crippen LogP contribution in [0.3, 0.4) is 0 Å². The van der Waals surface area contributed by atoms with Crippen LogP contribution < -0.4 is 0 Å². The molecule has 2 heteroatoms. The summed E-state index contributed by atoms with van der Waals surface area (Å²) in [7, 11) is 0. The van der Waals surface area contributed by atoms with Crippen molar-refractivity contribution >= 4 is 5.90 Å². The number of dihydropyridines is 1. The molecule has 0 aromatic rings. The van der Waals surface area contributed by atoms with E-state index in [-0.39, 0.29) is 0 Å². The van der Waals surface area contributed by atoms with Gasteiger partial charge in [0.2, 0.25) is 5.90 Å². The van der Waals surface area contributed by atoms with Crippen molar-refractivity contribution in [2.24, 2.45) is 10.9 Å². The van der Waals surface area contributed by atoms with Gasteiger partial charge in [0.05, 0.1) is 12.6 Å². The summed E-state index contributed by atoms with van der Waals surface area (Å²) in [6.07, 6.45) is 5.12. The smallest absolute Gasteiger partial charge is 0.208 e. The number of rotatable bonds is 2. The molecule has 1 unspecified atom stereocenters. The lowest BCUT2D eigenvalue weighted by Gasteiger charge is -2.13. The highest BCUT2D eigenvalue weighted by molar-refractivity contribution is 5.88. The maximum absolute atomic E-state index is 5.48. The van der Waals surface area contributed by atoms with Crippen molar-refractivity contribution < 1.29 is 4.74 Å². The third-order valence-corrected chi connectivity index (χ3v) is 1.65. The van der Waals surface area contributed by atoms with Crippen molar-refractivity contribution in [3.8, 4) is 0 Å². The van der Waals surface area contributed by atoms with E-state index in [1.807, 2.05) is 6.08 Å². The van der Waals surface area contributed by atoms with Gasteiger partial charge >= 0.3 is 0 Å². The minimum atomic E-state index is 0.386. The summed E-state index contributed by atoms with van der Waals surface area (Å²) in [6.45, 7) is 7.13. The Balaban J connectivity index is 2.36. The Labute approximate surface area is 74.3 Å². The Kier molecular flexibility index (Phi) is 3.32. The van der Waals surface area contributed by atoms with Gasteiger partial charge in [-0.05, 0) is 25.3 Å². The molecular weight excluding hydrogens is 150 g/mol. The summed E-state index contributed by atoms with van der Waals surface area (Å²) in [5.41, 5.74) is 0. The fourth-order valence-corrected chi connectivity index (χ4v) is 1.02. The molecule has 0 aromatic carbocycles. The number of nitrogens with zero attached hydrogens (tertiary/aromatic N) is 1. The minimum Gasteiger partial charge on any atom is -0.478 e. The van der Waals surface area contributed by atoms with Crippen molar-refractivity contribution in [3.05, 3.63) is 12.2 Å². The molecule has 1 rings (SSSR count). The molecule has 0 saturated heterocycles. The van der Waals surface area contributed by atoms with E-state index in [1.54, 1.807) is 0 Å². The van der Waals surface area contributed by atoms with Gasteiger partial charge in [0, 0.05) is 0 Å². The molecule has 0 aliphatic carbocycles. The summed E-state index contributed by atoms with van der Waals surface area (Å²) in [5.74, 6) is 1.36. The molecule has 2 nitrogen and oxygen atoms in total. The third-order valence-electron chi connectivity index (χ3n) is 1.65. The molecule has 0 fully saturated rings. The first-order valence-electron chi connectivity index (χ1n) is 4.55. The van der Waals surface area contributed by atoms with Crippen LogP contribution in [0.25, 0.3) is 0 Å². The SMILES string of the molecule is CC(C)COC1=NC(C)CC=C1. The summed E-state index contributed by atoms with van der Waals surface area (Å²) in [4.78, 5) is 4.36.